The molecule has 0 aliphatic carbocycles. The first-order chi connectivity index (χ1) is 12.7. The molecule has 3 rings (SSSR count). The number of rotatable bonds is 8. The Kier molecular flexibility index (Phi) is 6.30. The number of hydrogen-bond donors (Lipinski definition) is 2. The third-order valence-electron chi connectivity index (χ3n) is 3.99. The number of nitrogens with one attached hydrogen (secondary N) is 2. The van der Waals surface area contributed by atoms with E-state index in [1.165, 1.54) is 12.1 Å². The normalized spacial score (nSPS) is 11.0. The Morgan fingerprint density at radius 2 is 1.88 bits per heavy atom. The van der Waals surface area contributed by atoms with Crippen molar-refractivity contribution >= 4 is 28.6 Å². The molecule has 4 nitrogen and oxygen atoms in total. The highest BCUT2D eigenvalue weighted by Crippen LogP contribution is 2.32. The van der Waals surface area contributed by atoms with Crippen LogP contribution in [0.3, 0.4) is 0 Å². The molecule has 0 bridgehead atoms. The van der Waals surface area contributed by atoms with Gasteiger partial charge in [0.2, 0.25) is 0 Å². The van der Waals surface area contributed by atoms with Crippen molar-refractivity contribution in [2.24, 2.45) is 0 Å². The van der Waals surface area contributed by atoms with Gasteiger partial charge in [0.25, 0.3) is 5.91 Å². The van der Waals surface area contributed by atoms with Gasteiger partial charge in [-0.25, -0.2) is 4.39 Å². The number of hydrogen-bond acceptors (Lipinski definition) is 4. The first-order valence-electron chi connectivity index (χ1n) is 8.50. The van der Waals surface area contributed by atoms with Gasteiger partial charge >= 0.3 is 0 Å². The number of fused-ring (bicyclic) bond motifs is 1. The summed E-state index contributed by atoms with van der Waals surface area (Å²) in [7, 11) is 1.88. The number of halogens is 1. The molecule has 0 saturated heterocycles. The lowest BCUT2D eigenvalue weighted by atomic mass is 10.1. The van der Waals surface area contributed by atoms with Gasteiger partial charge in [0.15, 0.2) is 5.76 Å². The molecule has 1 heterocycles. The zero-order chi connectivity index (χ0) is 18.4. The highest BCUT2D eigenvalue weighted by Gasteiger charge is 2.20. The molecule has 26 heavy (non-hydrogen) atoms. The molecule has 0 unspecified atom stereocenters. The molecule has 1 amide bonds. The number of benzene rings is 2. The summed E-state index contributed by atoms with van der Waals surface area (Å²) < 4.78 is 18.9. The average Bonchev–Trinajstić information content (AvgIpc) is 3.03. The van der Waals surface area contributed by atoms with Crippen molar-refractivity contribution in [1.82, 2.24) is 10.6 Å². The van der Waals surface area contributed by atoms with Gasteiger partial charge < -0.3 is 15.1 Å². The molecule has 0 radical (unpaired) electrons. The largest absolute Gasteiger partial charge is 0.451 e. The van der Waals surface area contributed by atoms with Crippen LogP contribution in [0.4, 0.5) is 4.39 Å². The fourth-order valence-corrected chi connectivity index (χ4v) is 3.59. The van der Waals surface area contributed by atoms with Crippen LogP contribution in [0.2, 0.25) is 0 Å². The smallest absolute Gasteiger partial charge is 0.287 e. The molecule has 3 aromatic rings. The Bertz CT molecular complexity index is 877. The minimum Gasteiger partial charge on any atom is -0.451 e. The predicted molar refractivity (Wildman–Crippen MR) is 103 cm³/mol. The van der Waals surface area contributed by atoms with E-state index in [9.17, 15) is 9.18 Å². The molecule has 2 N–H and O–H groups in total. The lowest BCUT2D eigenvalue weighted by Crippen LogP contribution is -2.26. The lowest BCUT2D eigenvalue weighted by molar-refractivity contribution is 0.0927. The molecule has 0 saturated carbocycles. The van der Waals surface area contributed by atoms with Crippen LogP contribution in [0.1, 0.15) is 22.5 Å². The van der Waals surface area contributed by atoms with Gasteiger partial charge in [-0.05, 0) is 50.3 Å². The number of amides is 1. The zero-order valence-corrected chi connectivity index (χ0v) is 15.4. The van der Waals surface area contributed by atoms with Gasteiger partial charge in [0, 0.05) is 28.1 Å². The monoisotopic (exact) mass is 372 g/mol. The summed E-state index contributed by atoms with van der Waals surface area (Å²) in [6, 6.07) is 14.0. The van der Waals surface area contributed by atoms with E-state index in [4.69, 9.17) is 4.42 Å². The van der Waals surface area contributed by atoms with E-state index in [0.29, 0.717) is 23.6 Å². The van der Waals surface area contributed by atoms with Crippen molar-refractivity contribution in [2.45, 2.75) is 17.1 Å². The summed E-state index contributed by atoms with van der Waals surface area (Å²) in [5, 5.41) is 6.89. The highest BCUT2D eigenvalue weighted by atomic mass is 32.2. The van der Waals surface area contributed by atoms with Crippen LogP contribution in [0.5, 0.6) is 0 Å². The molecule has 0 spiro atoms. The summed E-state index contributed by atoms with van der Waals surface area (Å²) in [5.41, 5.74) is 1.56. The van der Waals surface area contributed by atoms with Crippen LogP contribution in [0.15, 0.2) is 57.8 Å². The van der Waals surface area contributed by atoms with E-state index < -0.39 is 0 Å². The Hall–Kier alpha value is -2.31. The third kappa shape index (κ3) is 4.45. The van der Waals surface area contributed by atoms with Crippen LogP contribution in [0, 0.1) is 5.82 Å². The Morgan fingerprint density at radius 3 is 2.65 bits per heavy atom. The van der Waals surface area contributed by atoms with Gasteiger partial charge in [0.05, 0.1) is 0 Å². The Labute approximate surface area is 156 Å². The fraction of sp³-hybridized carbons (Fsp3) is 0.250. The van der Waals surface area contributed by atoms with Crippen molar-refractivity contribution in [3.63, 3.8) is 0 Å². The molecule has 0 atom stereocenters. The fourth-order valence-electron chi connectivity index (χ4n) is 2.66. The van der Waals surface area contributed by atoms with Gasteiger partial charge in [-0.15, -0.1) is 11.8 Å². The van der Waals surface area contributed by atoms with Crippen molar-refractivity contribution in [3.05, 3.63) is 65.7 Å². The van der Waals surface area contributed by atoms with Crippen LogP contribution < -0.4 is 10.6 Å². The predicted octanol–water partition coefficient (Wildman–Crippen LogP) is 4.20. The van der Waals surface area contributed by atoms with E-state index in [0.717, 1.165) is 28.8 Å². The zero-order valence-electron chi connectivity index (χ0n) is 14.5. The van der Waals surface area contributed by atoms with Crippen molar-refractivity contribution in [2.75, 3.05) is 20.1 Å². The number of carbonyl (C=O) groups is 1. The summed E-state index contributed by atoms with van der Waals surface area (Å²) in [4.78, 5) is 13.5. The highest BCUT2D eigenvalue weighted by molar-refractivity contribution is 7.98. The first kappa shape index (κ1) is 18.5. The molecule has 2 aromatic carbocycles. The van der Waals surface area contributed by atoms with Crippen LogP contribution in [-0.4, -0.2) is 26.0 Å². The third-order valence-corrected chi connectivity index (χ3v) is 5.03. The van der Waals surface area contributed by atoms with Crippen LogP contribution in [-0.2, 0) is 5.75 Å². The summed E-state index contributed by atoms with van der Waals surface area (Å²) >= 11 is 1.55. The molecule has 6 heteroatoms. The summed E-state index contributed by atoms with van der Waals surface area (Å²) in [6.45, 7) is 1.43. The average molecular weight is 372 g/mol. The van der Waals surface area contributed by atoms with Gasteiger partial charge in [-0.1, -0.05) is 18.2 Å². The Balaban J connectivity index is 1.80. The molecule has 1 aromatic heterocycles. The van der Waals surface area contributed by atoms with Gasteiger partial charge in [0.1, 0.15) is 11.4 Å². The molecule has 136 valence electrons. The van der Waals surface area contributed by atoms with E-state index in [2.05, 4.69) is 10.6 Å². The van der Waals surface area contributed by atoms with E-state index in [1.54, 1.807) is 23.9 Å². The van der Waals surface area contributed by atoms with Crippen molar-refractivity contribution in [3.8, 4) is 0 Å². The number of carbonyl (C=O) groups excluding carboxylic acids is 1. The van der Waals surface area contributed by atoms with Gasteiger partial charge in [-0.3, -0.25) is 4.79 Å². The van der Waals surface area contributed by atoms with Crippen molar-refractivity contribution in [1.29, 1.82) is 0 Å². The maximum Gasteiger partial charge on any atom is 0.287 e. The standard InChI is InChI=1S/C20H21FN2O2S/c1-22-11-4-12-23-20(24)19-17(16-5-2-3-6-18(16)25-19)13-26-15-9-7-14(21)8-10-15/h2-3,5-10,22H,4,11-13H2,1H3,(H,23,24). The lowest BCUT2D eigenvalue weighted by Gasteiger charge is -2.06. The Morgan fingerprint density at radius 1 is 1.12 bits per heavy atom. The number of para-hydroxylation sites is 1. The first-order valence-corrected chi connectivity index (χ1v) is 9.49. The van der Waals surface area contributed by atoms with E-state index in [-0.39, 0.29) is 11.7 Å². The summed E-state index contributed by atoms with van der Waals surface area (Å²) in [6.07, 6.45) is 0.849. The SMILES string of the molecule is CNCCCNC(=O)c1oc2ccccc2c1CSc1ccc(F)cc1. The van der Waals surface area contributed by atoms with Crippen molar-refractivity contribution < 1.29 is 13.6 Å². The molecular weight excluding hydrogens is 351 g/mol. The van der Waals surface area contributed by atoms with E-state index in [1.807, 2.05) is 31.3 Å². The van der Waals surface area contributed by atoms with Gasteiger partial charge in [-0.2, -0.15) is 0 Å². The summed E-state index contributed by atoms with van der Waals surface area (Å²) in [5.74, 6) is 0.462. The number of furan rings is 1. The van der Waals surface area contributed by atoms with Crippen LogP contribution >= 0.6 is 11.8 Å². The minimum absolute atomic E-state index is 0.202. The van der Waals surface area contributed by atoms with Crippen LogP contribution in [0.25, 0.3) is 11.0 Å². The second-order valence-electron chi connectivity index (χ2n) is 5.86. The molecule has 0 aliphatic heterocycles. The maximum absolute atomic E-state index is 13.1. The second kappa shape index (κ2) is 8.87. The molecular formula is C20H21FN2O2S. The molecule has 0 aliphatic rings. The quantitative estimate of drug-likeness (QED) is 0.460. The maximum atomic E-state index is 13.1. The number of thioether (sulfide) groups is 1. The minimum atomic E-state index is -0.259. The molecule has 0 fully saturated rings. The second-order valence-corrected chi connectivity index (χ2v) is 6.91. The van der Waals surface area contributed by atoms with E-state index >= 15 is 0 Å². The topological polar surface area (TPSA) is 54.3 Å².